The highest BCUT2D eigenvalue weighted by molar-refractivity contribution is 5.27. The Hall–Kier alpha value is -1.91. The highest BCUT2D eigenvalue weighted by atomic mass is 16.5. The molecule has 2 aromatic rings. The molecule has 0 aliphatic rings. The van der Waals surface area contributed by atoms with Crippen molar-refractivity contribution < 1.29 is 9.84 Å². The number of nitrogens with zero attached hydrogens (tertiary/aromatic N) is 1. The van der Waals surface area contributed by atoms with Crippen molar-refractivity contribution in [3.63, 3.8) is 0 Å². The number of aliphatic hydroxyl groups is 1. The molecule has 0 aliphatic carbocycles. The molecular weight excluding hydrogens is 264 g/mol. The van der Waals surface area contributed by atoms with Gasteiger partial charge >= 0.3 is 0 Å². The van der Waals surface area contributed by atoms with Crippen LogP contribution >= 0.6 is 0 Å². The standard InChI is InChI=1S/C17H22N2O2/c1-13(11-14-3-5-16(21-2)6-4-14)19-12-17(20)15-7-9-18-10-8-15/h3-10,13,17,19-20H,11-12H2,1-2H3. The lowest BCUT2D eigenvalue weighted by Gasteiger charge is -2.17. The molecule has 0 amide bonds. The minimum absolute atomic E-state index is 0.287. The quantitative estimate of drug-likeness (QED) is 0.820. The summed E-state index contributed by atoms with van der Waals surface area (Å²) in [5.74, 6) is 0.868. The summed E-state index contributed by atoms with van der Waals surface area (Å²) in [5.41, 5.74) is 2.13. The van der Waals surface area contributed by atoms with Gasteiger partial charge in [-0.05, 0) is 48.7 Å². The lowest BCUT2D eigenvalue weighted by atomic mass is 10.1. The van der Waals surface area contributed by atoms with Gasteiger partial charge in [0.25, 0.3) is 0 Å². The second-order valence-electron chi connectivity index (χ2n) is 5.16. The van der Waals surface area contributed by atoms with Gasteiger partial charge in [0.15, 0.2) is 0 Å². The summed E-state index contributed by atoms with van der Waals surface area (Å²) >= 11 is 0. The van der Waals surface area contributed by atoms with Crippen LogP contribution in [0.2, 0.25) is 0 Å². The average molecular weight is 286 g/mol. The van der Waals surface area contributed by atoms with Crippen LogP contribution < -0.4 is 10.1 Å². The van der Waals surface area contributed by atoms with Gasteiger partial charge in [-0.25, -0.2) is 0 Å². The van der Waals surface area contributed by atoms with Gasteiger partial charge in [-0.2, -0.15) is 0 Å². The third kappa shape index (κ3) is 4.85. The molecule has 4 heteroatoms. The summed E-state index contributed by atoms with van der Waals surface area (Å²) in [6, 6.07) is 12.0. The van der Waals surface area contributed by atoms with Gasteiger partial charge in [0, 0.05) is 25.0 Å². The molecule has 0 fully saturated rings. The molecule has 1 aromatic heterocycles. The topological polar surface area (TPSA) is 54.4 Å². The molecule has 2 rings (SSSR count). The maximum absolute atomic E-state index is 10.1. The summed E-state index contributed by atoms with van der Waals surface area (Å²) in [4.78, 5) is 3.95. The van der Waals surface area contributed by atoms with Crippen molar-refractivity contribution in [2.45, 2.75) is 25.5 Å². The fourth-order valence-corrected chi connectivity index (χ4v) is 2.20. The number of pyridine rings is 1. The molecule has 0 aliphatic heterocycles. The summed E-state index contributed by atoms with van der Waals surface area (Å²) in [6.45, 7) is 2.64. The van der Waals surface area contributed by atoms with Gasteiger partial charge in [-0.3, -0.25) is 4.98 Å². The lowest BCUT2D eigenvalue weighted by molar-refractivity contribution is 0.170. The van der Waals surface area contributed by atoms with E-state index in [4.69, 9.17) is 4.74 Å². The van der Waals surface area contributed by atoms with E-state index in [-0.39, 0.29) is 6.04 Å². The van der Waals surface area contributed by atoms with Gasteiger partial charge in [-0.1, -0.05) is 12.1 Å². The van der Waals surface area contributed by atoms with Gasteiger partial charge in [0.2, 0.25) is 0 Å². The van der Waals surface area contributed by atoms with E-state index < -0.39 is 6.10 Å². The highest BCUT2D eigenvalue weighted by Gasteiger charge is 2.09. The zero-order valence-electron chi connectivity index (χ0n) is 12.5. The Morgan fingerprint density at radius 1 is 1.14 bits per heavy atom. The Morgan fingerprint density at radius 2 is 1.81 bits per heavy atom. The number of ether oxygens (including phenoxy) is 1. The molecule has 0 radical (unpaired) electrons. The van der Waals surface area contributed by atoms with Gasteiger partial charge in [0.05, 0.1) is 13.2 Å². The number of methoxy groups -OCH3 is 1. The Kier molecular flexibility index (Phi) is 5.72. The molecule has 0 spiro atoms. The van der Waals surface area contributed by atoms with Crippen LogP contribution in [0.1, 0.15) is 24.2 Å². The minimum Gasteiger partial charge on any atom is -0.497 e. The van der Waals surface area contributed by atoms with Crippen molar-refractivity contribution in [1.29, 1.82) is 0 Å². The third-order valence-electron chi connectivity index (χ3n) is 3.45. The van der Waals surface area contributed by atoms with Crippen LogP contribution in [0.3, 0.4) is 0 Å². The van der Waals surface area contributed by atoms with E-state index >= 15 is 0 Å². The minimum atomic E-state index is -0.508. The van der Waals surface area contributed by atoms with Crippen molar-refractivity contribution in [2.75, 3.05) is 13.7 Å². The van der Waals surface area contributed by atoms with E-state index in [1.807, 2.05) is 24.3 Å². The van der Waals surface area contributed by atoms with Crippen molar-refractivity contribution in [3.8, 4) is 5.75 Å². The number of aromatic nitrogens is 1. The Bertz CT molecular complexity index is 528. The van der Waals surface area contributed by atoms with Crippen LogP contribution in [-0.2, 0) is 6.42 Å². The Morgan fingerprint density at radius 3 is 2.43 bits per heavy atom. The molecule has 0 saturated heterocycles. The van der Waals surface area contributed by atoms with Gasteiger partial charge in [0.1, 0.15) is 5.75 Å². The second kappa shape index (κ2) is 7.76. The first-order chi connectivity index (χ1) is 10.2. The fourth-order valence-electron chi connectivity index (χ4n) is 2.20. The predicted octanol–water partition coefficient (Wildman–Crippen LogP) is 2.34. The van der Waals surface area contributed by atoms with Crippen molar-refractivity contribution in [2.24, 2.45) is 0 Å². The van der Waals surface area contributed by atoms with Crippen LogP contribution in [-0.4, -0.2) is 29.8 Å². The first-order valence-corrected chi connectivity index (χ1v) is 7.13. The summed E-state index contributed by atoms with van der Waals surface area (Å²) in [7, 11) is 1.67. The van der Waals surface area contributed by atoms with Crippen molar-refractivity contribution >= 4 is 0 Å². The van der Waals surface area contributed by atoms with Gasteiger partial charge < -0.3 is 15.2 Å². The average Bonchev–Trinajstić information content (AvgIpc) is 2.54. The first-order valence-electron chi connectivity index (χ1n) is 7.13. The van der Waals surface area contributed by atoms with E-state index in [9.17, 15) is 5.11 Å². The molecule has 21 heavy (non-hydrogen) atoms. The largest absolute Gasteiger partial charge is 0.497 e. The second-order valence-corrected chi connectivity index (χ2v) is 5.16. The number of hydrogen-bond acceptors (Lipinski definition) is 4. The summed E-state index contributed by atoms with van der Waals surface area (Å²) in [6.07, 6.45) is 3.79. The maximum Gasteiger partial charge on any atom is 0.118 e. The molecule has 112 valence electrons. The number of nitrogens with one attached hydrogen (secondary N) is 1. The maximum atomic E-state index is 10.1. The Labute approximate surface area is 125 Å². The van der Waals surface area contributed by atoms with Crippen molar-refractivity contribution in [1.82, 2.24) is 10.3 Å². The third-order valence-corrected chi connectivity index (χ3v) is 3.45. The van der Waals surface area contributed by atoms with Crippen molar-refractivity contribution in [3.05, 3.63) is 59.9 Å². The predicted molar refractivity (Wildman–Crippen MR) is 83.4 cm³/mol. The van der Waals surface area contributed by atoms with E-state index in [1.54, 1.807) is 19.5 Å². The van der Waals surface area contributed by atoms with Crippen LogP contribution in [0.25, 0.3) is 0 Å². The molecule has 2 N–H and O–H groups in total. The van der Waals surface area contributed by atoms with Crippen LogP contribution in [0.4, 0.5) is 0 Å². The number of rotatable bonds is 7. The monoisotopic (exact) mass is 286 g/mol. The summed E-state index contributed by atoms with van der Waals surface area (Å²) < 4.78 is 5.15. The Balaban J connectivity index is 1.80. The van der Waals surface area contributed by atoms with E-state index in [0.717, 1.165) is 17.7 Å². The molecule has 1 heterocycles. The molecular formula is C17H22N2O2. The molecule has 0 saturated carbocycles. The molecule has 0 bridgehead atoms. The normalized spacial score (nSPS) is 13.7. The first kappa shape index (κ1) is 15.5. The van der Waals surface area contributed by atoms with Crippen LogP contribution in [0, 0.1) is 0 Å². The van der Waals surface area contributed by atoms with Crippen LogP contribution in [0.5, 0.6) is 5.75 Å². The lowest BCUT2D eigenvalue weighted by Crippen LogP contribution is -2.32. The fraction of sp³-hybridized carbons (Fsp3) is 0.353. The number of aliphatic hydroxyl groups excluding tert-OH is 1. The number of benzene rings is 1. The molecule has 2 atom stereocenters. The zero-order valence-corrected chi connectivity index (χ0v) is 12.5. The molecule has 2 unspecified atom stereocenters. The van der Waals surface area contributed by atoms with E-state index in [0.29, 0.717) is 6.54 Å². The van der Waals surface area contributed by atoms with E-state index in [2.05, 4.69) is 29.4 Å². The summed E-state index contributed by atoms with van der Waals surface area (Å²) in [5, 5.41) is 13.5. The smallest absolute Gasteiger partial charge is 0.118 e. The highest BCUT2D eigenvalue weighted by Crippen LogP contribution is 2.13. The number of hydrogen-bond donors (Lipinski definition) is 2. The van der Waals surface area contributed by atoms with E-state index in [1.165, 1.54) is 5.56 Å². The molecule has 1 aromatic carbocycles. The van der Waals surface area contributed by atoms with Crippen LogP contribution in [0.15, 0.2) is 48.8 Å². The van der Waals surface area contributed by atoms with Gasteiger partial charge in [-0.15, -0.1) is 0 Å². The zero-order chi connectivity index (χ0) is 15.1. The SMILES string of the molecule is COc1ccc(CC(C)NCC(O)c2ccncc2)cc1. The molecule has 4 nitrogen and oxygen atoms in total.